The van der Waals surface area contributed by atoms with Gasteiger partial charge in [0.1, 0.15) is 12.4 Å². The van der Waals surface area contributed by atoms with Crippen LogP contribution < -0.4 is 19.5 Å². The largest absolute Gasteiger partial charge is 0.493 e. The molecule has 0 aliphatic carbocycles. The number of fused-ring (bicyclic) bond motifs is 1. The third-order valence-electron chi connectivity index (χ3n) is 4.15. The Labute approximate surface area is 166 Å². The van der Waals surface area contributed by atoms with Gasteiger partial charge in [0.05, 0.1) is 38.2 Å². The summed E-state index contributed by atoms with van der Waals surface area (Å²) in [6, 6.07) is 8.11. The molecule has 0 atom stereocenters. The second kappa shape index (κ2) is 8.22. The Bertz CT molecular complexity index is 969. The summed E-state index contributed by atoms with van der Waals surface area (Å²) in [5.74, 6) is 0.286. The number of nitrogens with one attached hydrogen (secondary N) is 1. The third kappa shape index (κ3) is 3.89. The molecule has 1 N–H and O–H groups in total. The molecule has 1 amide bonds. The van der Waals surface area contributed by atoms with Gasteiger partial charge in [0.25, 0.3) is 5.91 Å². The van der Waals surface area contributed by atoms with Gasteiger partial charge in [0.15, 0.2) is 11.5 Å². The Hall–Kier alpha value is -3.19. The molecule has 0 radical (unpaired) electrons. The average Bonchev–Trinajstić information content (AvgIpc) is 2.72. The summed E-state index contributed by atoms with van der Waals surface area (Å²) < 4.78 is 20.9. The molecule has 7 nitrogen and oxygen atoms in total. The first-order chi connectivity index (χ1) is 13.5. The molecule has 2 aromatic carbocycles. The topological polar surface area (TPSA) is 83.1 Å². The molecule has 2 aromatic rings. The number of rotatable bonds is 5. The van der Waals surface area contributed by atoms with E-state index in [-0.39, 0.29) is 17.9 Å². The molecule has 0 saturated carbocycles. The molecule has 146 valence electrons. The molecule has 1 aliphatic rings. The lowest BCUT2D eigenvalue weighted by Gasteiger charge is -2.19. The predicted molar refractivity (Wildman–Crippen MR) is 104 cm³/mol. The number of hydrogen-bond donors (Lipinski definition) is 1. The highest BCUT2D eigenvalue weighted by Crippen LogP contribution is 2.34. The van der Waals surface area contributed by atoms with Crippen LogP contribution in [-0.2, 0) is 9.53 Å². The maximum absolute atomic E-state index is 12.8. The minimum atomic E-state index is -0.623. The van der Waals surface area contributed by atoms with Crippen LogP contribution in [0.1, 0.15) is 15.9 Å². The maximum atomic E-state index is 12.8. The predicted octanol–water partition coefficient (Wildman–Crippen LogP) is 3.56. The molecule has 0 spiro atoms. The number of benzene rings is 2. The van der Waals surface area contributed by atoms with Crippen molar-refractivity contribution >= 4 is 35.2 Å². The van der Waals surface area contributed by atoms with Gasteiger partial charge in [-0.05, 0) is 24.3 Å². The molecule has 0 fully saturated rings. The summed E-state index contributed by atoms with van der Waals surface area (Å²) in [5, 5.41) is 3.25. The van der Waals surface area contributed by atoms with E-state index in [9.17, 15) is 9.59 Å². The van der Waals surface area contributed by atoms with E-state index < -0.39 is 11.9 Å². The van der Waals surface area contributed by atoms with Gasteiger partial charge in [-0.15, -0.1) is 0 Å². The van der Waals surface area contributed by atoms with E-state index in [1.807, 2.05) is 0 Å². The fourth-order valence-electron chi connectivity index (χ4n) is 2.74. The van der Waals surface area contributed by atoms with E-state index in [0.29, 0.717) is 33.4 Å². The minimum absolute atomic E-state index is 0.0846. The second-order valence-corrected chi connectivity index (χ2v) is 6.28. The van der Waals surface area contributed by atoms with Gasteiger partial charge < -0.3 is 24.3 Å². The number of ether oxygens (including phenoxy) is 4. The van der Waals surface area contributed by atoms with Crippen molar-refractivity contribution in [3.8, 4) is 17.2 Å². The molecule has 1 heterocycles. The summed E-state index contributed by atoms with van der Waals surface area (Å²) in [4.78, 5) is 24.9. The van der Waals surface area contributed by atoms with E-state index in [1.54, 1.807) is 24.3 Å². The molecule has 1 aliphatic heterocycles. The summed E-state index contributed by atoms with van der Waals surface area (Å²) in [7, 11) is 4.16. The first-order valence-electron chi connectivity index (χ1n) is 8.25. The van der Waals surface area contributed by atoms with Gasteiger partial charge in [0, 0.05) is 22.7 Å². The first kappa shape index (κ1) is 19.6. The molecule has 8 heteroatoms. The van der Waals surface area contributed by atoms with Gasteiger partial charge in [-0.25, -0.2) is 4.79 Å². The Morgan fingerprint density at radius 2 is 1.79 bits per heavy atom. The monoisotopic (exact) mass is 403 g/mol. The van der Waals surface area contributed by atoms with E-state index in [0.717, 1.165) is 0 Å². The Balaban J connectivity index is 1.94. The van der Waals surface area contributed by atoms with E-state index >= 15 is 0 Å². The fraction of sp³-hybridized carbons (Fsp3) is 0.200. The summed E-state index contributed by atoms with van der Waals surface area (Å²) in [6.45, 7) is 0.0846. The van der Waals surface area contributed by atoms with E-state index in [1.165, 1.54) is 33.5 Å². The lowest BCUT2D eigenvalue weighted by atomic mass is 10.1. The van der Waals surface area contributed by atoms with Crippen LogP contribution in [-0.4, -0.2) is 39.8 Å². The fourth-order valence-corrected chi connectivity index (χ4v) is 2.92. The zero-order valence-electron chi connectivity index (χ0n) is 15.5. The molecule has 0 bridgehead atoms. The van der Waals surface area contributed by atoms with Crippen molar-refractivity contribution < 1.29 is 28.5 Å². The van der Waals surface area contributed by atoms with Crippen LogP contribution in [0.15, 0.2) is 35.9 Å². The summed E-state index contributed by atoms with van der Waals surface area (Å²) in [6.07, 6.45) is 1.69. The SMILES string of the molecule is COC(=O)c1cc(OC)c(OC)cc1NC(=O)C1=Cc2cc(Cl)ccc2OC1. The Morgan fingerprint density at radius 1 is 1.07 bits per heavy atom. The van der Waals surface area contributed by atoms with Crippen LogP contribution in [0.25, 0.3) is 6.08 Å². The van der Waals surface area contributed by atoms with Crippen LogP contribution in [0.2, 0.25) is 5.02 Å². The van der Waals surface area contributed by atoms with Crippen molar-refractivity contribution in [3.63, 3.8) is 0 Å². The number of halogens is 1. The van der Waals surface area contributed by atoms with Crippen molar-refractivity contribution in [1.82, 2.24) is 0 Å². The normalized spacial score (nSPS) is 12.2. The average molecular weight is 404 g/mol. The zero-order valence-corrected chi connectivity index (χ0v) is 16.3. The van der Waals surface area contributed by atoms with Gasteiger partial charge >= 0.3 is 5.97 Å². The van der Waals surface area contributed by atoms with Gasteiger partial charge in [0.2, 0.25) is 0 Å². The molecule has 28 heavy (non-hydrogen) atoms. The smallest absolute Gasteiger partial charge is 0.340 e. The van der Waals surface area contributed by atoms with Crippen molar-refractivity contribution in [1.29, 1.82) is 0 Å². The number of esters is 1. The van der Waals surface area contributed by atoms with Crippen LogP contribution in [0.5, 0.6) is 17.2 Å². The van der Waals surface area contributed by atoms with Gasteiger partial charge in [-0.3, -0.25) is 4.79 Å². The minimum Gasteiger partial charge on any atom is -0.493 e. The Morgan fingerprint density at radius 3 is 2.46 bits per heavy atom. The molecular weight excluding hydrogens is 386 g/mol. The lowest BCUT2D eigenvalue weighted by Crippen LogP contribution is -2.22. The van der Waals surface area contributed by atoms with E-state index in [2.05, 4.69) is 5.32 Å². The van der Waals surface area contributed by atoms with Crippen LogP contribution in [0.4, 0.5) is 5.69 Å². The number of amides is 1. The number of methoxy groups -OCH3 is 3. The zero-order chi connectivity index (χ0) is 20.3. The maximum Gasteiger partial charge on any atom is 0.340 e. The van der Waals surface area contributed by atoms with Crippen LogP contribution in [0.3, 0.4) is 0 Å². The van der Waals surface area contributed by atoms with Crippen molar-refractivity contribution in [2.45, 2.75) is 0 Å². The highest BCUT2D eigenvalue weighted by atomic mass is 35.5. The molecular formula is C20H18ClNO6. The third-order valence-corrected chi connectivity index (χ3v) is 4.39. The second-order valence-electron chi connectivity index (χ2n) is 5.84. The van der Waals surface area contributed by atoms with Crippen LogP contribution >= 0.6 is 11.6 Å². The standard InChI is InChI=1S/C20H18ClNO6/c1-25-17-8-14(20(24)27-3)15(9-18(17)26-2)22-19(23)12-6-11-7-13(21)4-5-16(11)28-10-12/h4-9H,10H2,1-3H3,(H,22,23). The first-order valence-corrected chi connectivity index (χ1v) is 8.63. The summed E-state index contributed by atoms with van der Waals surface area (Å²) >= 11 is 6.00. The number of carbonyl (C=O) groups is 2. The quantitative estimate of drug-likeness (QED) is 0.768. The number of anilines is 1. The van der Waals surface area contributed by atoms with Gasteiger partial charge in [-0.2, -0.15) is 0 Å². The number of hydrogen-bond acceptors (Lipinski definition) is 6. The van der Waals surface area contributed by atoms with Gasteiger partial charge in [-0.1, -0.05) is 11.6 Å². The highest BCUT2D eigenvalue weighted by molar-refractivity contribution is 6.30. The highest BCUT2D eigenvalue weighted by Gasteiger charge is 2.22. The van der Waals surface area contributed by atoms with Crippen LogP contribution in [0, 0.1) is 0 Å². The van der Waals surface area contributed by atoms with Crippen molar-refractivity contribution in [2.24, 2.45) is 0 Å². The molecule has 0 saturated heterocycles. The lowest BCUT2D eigenvalue weighted by molar-refractivity contribution is -0.113. The van der Waals surface area contributed by atoms with Crippen molar-refractivity contribution in [2.75, 3.05) is 33.3 Å². The van der Waals surface area contributed by atoms with Crippen molar-refractivity contribution in [3.05, 3.63) is 52.1 Å². The number of carbonyl (C=O) groups excluding carboxylic acids is 2. The molecule has 0 aromatic heterocycles. The molecule has 0 unspecified atom stereocenters. The molecule has 3 rings (SSSR count). The summed E-state index contributed by atoms with van der Waals surface area (Å²) in [5.41, 5.74) is 1.44. The Kier molecular flexibility index (Phi) is 5.75. The van der Waals surface area contributed by atoms with E-state index in [4.69, 9.17) is 30.5 Å².